The number of nitrogens with one attached hydrogen (secondary N) is 2. The van der Waals surface area contributed by atoms with E-state index in [1.807, 2.05) is 91.0 Å². The molecule has 4 atom stereocenters. The van der Waals surface area contributed by atoms with Crippen LogP contribution in [0.3, 0.4) is 0 Å². The first-order valence-corrected chi connectivity index (χ1v) is 17.2. The van der Waals surface area contributed by atoms with Crippen LogP contribution in [0.25, 0.3) is 11.1 Å². The van der Waals surface area contributed by atoms with E-state index >= 15 is 0 Å². The number of rotatable bonds is 10. The van der Waals surface area contributed by atoms with E-state index in [1.165, 1.54) is 6.92 Å². The Balaban J connectivity index is 1.37. The van der Waals surface area contributed by atoms with E-state index in [4.69, 9.17) is 44.3 Å². The summed E-state index contributed by atoms with van der Waals surface area (Å²) in [7, 11) is 0. The lowest BCUT2D eigenvalue weighted by molar-refractivity contribution is -0.268. The second-order valence-corrected chi connectivity index (χ2v) is 14.7. The van der Waals surface area contributed by atoms with E-state index in [9.17, 15) is 14.7 Å². The summed E-state index contributed by atoms with van der Waals surface area (Å²) in [6.07, 6.45) is -1.03. The van der Waals surface area contributed by atoms with Gasteiger partial charge in [0.15, 0.2) is 6.29 Å². The number of aliphatic hydroxyl groups excluding tert-OH is 1. The van der Waals surface area contributed by atoms with Crippen molar-refractivity contribution in [3.05, 3.63) is 119 Å². The van der Waals surface area contributed by atoms with E-state index in [2.05, 4.69) is 23.6 Å². The zero-order valence-electron chi connectivity index (χ0n) is 25.8. The van der Waals surface area contributed by atoms with E-state index in [0.717, 1.165) is 44.0 Å². The second-order valence-electron chi connectivity index (χ2n) is 11.3. The van der Waals surface area contributed by atoms with Crippen LogP contribution in [0.1, 0.15) is 48.5 Å². The molecule has 11 heteroatoms. The van der Waals surface area contributed by atoms with Crippen LogP contribution in [-0.4, -0.2) is 32.6 Å². The smallest absolute Gasteiger partial charge is 0.272 e. The standard InChI is InChI=1S/C36H35Cl3N2O5S/c1-22-32(21-47-31-15-13-30(14-16-31)41-23(2)43)45-34(46-33(22)26-11-9-24(20-42)10-12-26)29-8-4-7-28(18-29)27-6-3-5-25(17-27)19-40-35(44)36(37,38)39/h3-18,22,32-34,42H,19-21H2,1-2H3,(H,40,44)(H,41,43)/t22-,32+,33+,34+/m1/s1. The maximum Gasteiger partial charge on any atom is 0.272 e. The zero-order valence-corrected chi connectivity index (χ0v) is 28.9. The Morgan fingerprint density at radius 2 is 1.53 bits per heavy atom. The maximum atomic E-state index is 12.0. The molecule has 5 rings (SSSR count). The van der Waals surface area contributed by atoms with Crippen molar-refractivity contribution < 1.29 is 24.2 Å². The molecule has 3 N–H and O–H groups in total. The quantitative estimate of drug-likeness (QED) is 0.113. The number of alkyl halides is 3. The largest absolute Gasteiger partial charge is 0.392 e. The molecule has 0 unspecified atom stereocenters. The number of thioether (sulfide) groups is 1. The maximum absolute atomic E-state index is 12.0. The highest BCUT2D eigenvalue weighted by Crippen LogP contribution is 2.43. The molecule has 1 aliphatic heterocycles. The Bertz CT molecular complexity index is 1680. The van der Waals surface area contributed by atoms with Gasteiger partial charge in [-0.3, -0.25) is 9.59 Å². The van der Waals surface area contributed by atoms with Gasteiger partial charge >= 0.3 is 0 Å². The number of halogens is 3. The molecule has 0 aliphatic carbocycles. The number of carbonyl (C=O) groups is 2. The van der Waals surface area contributed by atoms with E-state index < -0.39 is 16.0 Å². The topological polar surface area (TPSA) is 96.9 Å². The molecule has 4 aromatic carbocycles. The molecule has 2 amide bonds. The normalized spacial score (nSPS) is 19.6. The number of benzene rings is 4. The first-order chi connectivity index (χ1) is 22.5. The predicted molar refractivity (Wildman–Crippen MR) is 188 cm³/mol. The molecule has 0 saturated carbocycles. The molecule has 4 aromatic rings. The Kier molecular flexibility index (Phi) is 11.9. The highest BCUT2D eigenvalue weighted by Gasteiger charge is 2.38. The molecule has 1 aliphatic rings. The molecule has 1 saturated heterocycles. The first kappa shape index (κ1) is 35.2. The van der Waals surface area contributed by atoms with Crippen molar-refractivity contribution in [3.8, 4) is 11.1 Å². The van der Waals surface area contributed by atoms with Gasteiger partial charge in [-0.1, -0.05) is 102 Å². The second kappa shape index (κ2) is 15.9. The van der Waals surface area contributed by atoms with Gasteiger partial charge in [0, 0.05) is 41.3 Å². The lowest BCUT2D eigenvalue weighted by Crippen LogP contribution is -2.38. The average Bonchev–Trinajstić information content (AvgIpc) is 3.07. The summed E-state index contributed by atoms with van der Waals surface area (Å²) in [5.41, 5.74) is 6.22. The minimum atomic E-state index is -2.03. The number of amides is 2. The number of aliphatic hydroxyl groups is 1. The van der Waals surface area contributed by atoms with Crippen molar-refractivity contribution in [1.29, 1.82) is 0 Å². The molecule has 7 nitrogen and oxygen atoms in total. The van der Waals surface area contributed by atoms with Gasteiger partial charge in [-0.25, -0.2) is 0 Å². The minimum absolute atomic E-state index is 0.0274. The lowest BCUT2D eigenvalue weighted by Gasteiger charge is -2.41. The van der Waals surface area contributed by atoms with Gasteiger partial charge in [-0.15, -0.1) is 11.8 Å². The van der Waals surface area contributed by atoms with Crippen molar-refractivity contribution in [3.63, 3.8) is 0 Å². The summed E-state index contributed by atoms with van der Waals surface area (Å²) >= 11 is 18.8. The Labute approximate surface area is 293 Å². The first-order valence-electron chi connectivity index (χ1n) is 15.1. The van der Waals surface area contributed by atoms with Crippen LogP contribution >= 0.6 is 46.6 Å². The Morgan fingerprint density at radius 3 is 2.19 bits per heavy atom. The van der Waals surface area contributed by atoms with Crippen LogP contribution in [0.5, 0.6) is 0 Å². The molecular formula is C36H35Cl3N2O5S. The van der Waals surface area contributed by atoms with Crippen LogP contribution in [0.15, 0.2) is 102 Å². The third-order valence-electron chi connectivity index (χ3n) is 7.84. The molecule has 1 heterocycles. The molecule has 0 radical (unpaired) electrons. The zero-order chi connectivity index (χ0) is 33.6. The fourth-order valence-corrected chi connectivity index (χ4v) is 6.60. The number of hydrogen-bond acceptors (Lipinski definition) is 6. The molecule has 0 bridgehead atoms. The molecule has 0 aromatic heterocycles. The van der Waals surface area contributed by atoms with Crippen LogP contribution < -0.4 is 10.6 Å². The van der Waals surface area contributed by atoms with Gasteiger partial charge in [0.25, 0.3) is 9.70 Å². The van der Waals surface area contributed by atoms with Crippen LogP contribution in [0, 0.1) is 5.92 Å². The highest BCUT2D eigenvalue weighted by atomic mass is 35.6. The molecule has 246 valence electrons. The summed E-state index contributed by atoms with van der Waals surface area (Å²) in [4.78, 5) is 24.5. The van der Waals surface area contributed by atoms with Crippen molar-refractivity contribution in [1.82, 2.24) is 5.32 Å². The van der Waals surface area contributed by atoms with Gasteiger partial charge < -0.3 is 25.2 Å². The number of ether oxygens (including phenoxy) is 2. The van der Waals surface area contributed by atoms with Gasteiger partial charge in [-0.2, -0.15) is 0 Å². The van der Waals surface area contributed by atoms with Crippen molar-refractivity contribution in [2.24, 2.45) is 5.92 Å². The van der Waals surface area contributed by atoms with Crippen molar-refractivity contribution in [2.45, 2.75) is 54.2 Å². The summed E-state index contributed by atoms with van der Waals surface area (Å²) in [6, 6.07) is 31.4. The number of carbonyl (C=O) groups excluding carboxylic acids is 2. The summed E-state index contributed by atoms with van der Waals surface area (Å²) in [6.45, 7) is 3.80. The minimum Gasteiger partial charge on any atom is -0.392 e. The SMILES string of the molecule is CC(=O)Nc1ccc(SC[C@@H]2O[C@H](c3cccc(-c4cccc(CNC(=O)C(Cl)(Cl)Cl)c4)c3)O[C@H](c3ccc(CO)cc3)[C@@H]2C)cc1. The average molecular weight is 714 g/mol. The Morgan fingerprint density at radius 1 is 0.851 bits per heavy atom. The highest BCUT2D eigenvalue weighted by molar-refractivity contribution is 7.99. The predicted octanol–water partition coefficient (Wildman–Crippen LogP) is 8.37. The van der Waals surface area contributed by atoms with Crippen LogP contribution in [0.4, 0.5) is 5.69 Å². The Hall–Kier alpha value is -3.08. The number of anilines is 1. The third kappa shape index (κ3) is 9.51. The van der Waals surface area contributed by atoms with Crippen LogP contribution in [0.2, 0.25) is 0 Å². The monoisotopic (exact) mass is 712 g/mol. The van der Waals surface area contributed by atoms with E-state index in [0.29, 0.717) is 5.75 Å². The third-order valence-corrected chi connectivity index (χ3v) is 9.46. The molecule has 1 fully saturated rings. The summed E-state index contributed by atoms with van der Waals surface area (Å²) in [5.74, 6) is -0.0831. The van der Waals surface area contributed by atoms with Crippen molar-refractivity contribution >= 4 is 64.1 Å². The van der Waals surface area contributed by atoms with Gasteiger partial charge in [0.05, 0.1) is 18.8 Å². The summed E-state index contributed by atoms with van der Waals surface area (Å²) in [5, 5.41) is 15.0. The molecule has 47 heavy (non-hydrogen) atoms. The number of hydrogen-bond donors (Lipinski definition) is 3. The van der Waals surface area contributed by atoms with E-state index in [1.54, 1.807) is 11.8 Å². The fourth-order valence-electron chi connectivity index (χ4n) is 5.33. The van der Waals surface area contributed by atoms with Gasteiger partial charge in [0.1, 0.15) is 0 Å². The molecule has 0 spiro atoms. The fraction of sp³-hybridized carbons (Fsp3) is 0.278. The van der Waals surface area contributed by atoms with Gasteiger partial charge in [-0.05, 0) is 64.2 Å². The van der Waals surface area contributed by atoms with Crippen molar-refractivity contribution in [2.75, 3.05) is 11.1 Å². The lowest BCUT2D eigenvalue weighted by atomic mass is 9.91. The molecular weight excluding hydrogens is 679 g/mol. The summed E-state index contributed by atoms with van der Waals surface area (Å²) < 4.78 is 11.3. The van der Waals surface area contributed by atoms with Gasteiger partial charge in [0.2, 0.25) is 5.91 Å². The van der Waals surface area contributed by atoms with E-state index in [-0.39, 0.29) is 37.2 Å². The van der Waals surface area contributed by atoms with Crippen LogP contribution in [-0.2, 0) is 32.2 Å².